The lowest BCUT2D eigenvalue weighted by atomic mass is 10.0. The number of hydrogen-bond acceptors (Lipinski definition) is 4. The van der Waals surface area contributed by atoms with Gasteiger partial charge in [-0.2, -0.15) is 0 Å². The Bertz CT molecular complexity index is 878. The van der Waals surface area contributed by atoms with Crippen molar-refractivity contribution in [3.63, 3.8) is 0 Å². The average molecular weight is 331 g/mol. The predicted octanol–water partition coefficient (Wildman–Crippen LogP) is 1.50. The van der Waals surface area contributed by atoms with Gasteiger partial charge < -0.3 is 5.32 Å². The second kappa shape index (κ2) is 5.66. The molecule has 2 heterocycles. The Labute approximate surface area is 135 Å². The van der Waals surface area contributed by atoms with Crippen molar-refractivity contribution < 1.29 is 13.2 Å². The molecule has 6 nitrogen and oxygen atoms in total. The first-order chi connectivity index (χ1) is 10.9. The monoisotopic (exact) mass is 331 g/mol. The van der Waals surface area contributed by atoms with E-state index in [9.17, 15) is 13.2 Å². The van der Waals surface area contributed by atoms with Gasteiger partial charge in [0.05, 0.1) is 16.3 Å². The van der Waals surface area contributed by atoms with Crippen LogP contribution >= 0.6 is 0 Å². The summed E-state index contributed by atoms with van der Waals surface area (Å²) in [7, 11) is -2.27. The van der Waals surface area contributed by atoms with E-state index in [-0.39, 0.29) is 10.8 Å². The minimum absolute atomic E-state index is 0.0963. The molecule has 0 spiro atoms. The highest BCUT2D eigenvalue weighted by Gasteiger charge is 2.26. The first-order valence-electron chi connectivity index (χ1n) is 7.23. The number of aromatic nitrogens is 1. The van der Waals surface area contributed by atoms with Gasteiger partial charge in [0.1, 0.15) is 0 Å². The second-order valence-electron chi connectivity index (χ2n) is 5.41. The minimum atomic E-state index is -3.76. The molecule has 2 aromatic rings. The zero-order chi connectivity index (χ0) is 16.6. The molecule has 120 valence electrons. The number of nitrogens with zero attached hydrogens (tertiary/aromatic N) is 2. The Balaban J connectivity index is 2.05. The molecular weight excluding hydrogens is 314 g/mol. The number of fused-ring (bicyclic) bond motifs is 1. The third-order valence-electron chi connectivity index (χ3n) is 3.98. The van der Waals surface area contributed by atoms with Crippen LogP contribution in [0.1, 0.15) is 21.6 Å². The smallest absolute Gasteiger partial charge is 0.264 e. The van der Waals surface area contributed by atoms with Crippen LogP contribution in [0, 0.1) is 6.92 Å². The SMILES string of the molecule is Cc1ncccc1N(C)S(=O)(=O)c1ccc2c(c1)C(=O)NCC2. The van der Waals surface area contributed by atoms with E-state index in [2.05, 4.69) is 10.3 Å². The lowest BCUT2D eigenvalue weighted by Gasteiger charge is -2.22. The second-order valence-corrected chi connectivity index (χ2v) is 7.37. The van der Waals surface area contributed by atoms with Crippen LogP contribution in [0.25, 0.3) is 0 Å². The van der Waals surface area contributed by atoms with E-state index in [1.807, 2.05) is 0 Å². The third kappa shape index (κ3) is 2.68. The Morgan fingerprint density at radius 1 is 1.26 bits per heavy atom. The summed E-state index contributed by atoms with van der Waals surface area (Å²) in [5, 5.41) is 2.73. The average Bonchev–Trinajstić information content (AvgIpc) is 2.54. The van der Waals surface area contributed by atoms with Crippen LogP contribution in [0.3, 0.4) is 0 Å². The molecule has 1 N–H and O–H groups in total. The summed E-state index contributed by atoms with van der Waals surface area (Å²) in [5.74, 6) is -0.233. The van der Waals surface area contributed by atoms with Gasteiger partial charge in [0.2, 0.25) is 0 Å². The summed E-state index contributed by atoms with van der Waals surface area (Å²) in [6, 6.07) is 8.10. The van der Waals surface area contributed by atoms with E-state index in [1.165, 1.54) is 17.4 Å². The molecule has 23 heavy (non-hydrogen) atoms. The van der Waals surface area contributed by atoms with Crippen LogP contribution in [0.4, 0.5) is 5.69 Å². The fourth-order valence-electron chi connectivity index (χ4n) is 2.65. The Morgan fingerprint density at radius 3 is 2.78 bits per heavy atom. The number of rotatable bonds is 3. The fraction of sp³-hybridized carbons (Fsp3) is 0.250. The highest BCUT2D eigenvalue weighted by molar-refractivity contribution is 7.92. The number of anilines is 1. The molecule has 0 saturated carbocycles. The van der Waals surface area contributed by atoms with Crippen molar-refractivity contribution in [3.8, 4) is 0 Å². The van der Waals surface area contributed by atoms with E-state index >= 15 is 0 Å². The zero-order valence-electron chi connectivity index (χ0n) is 12.9. The molecular formula is C16H17N3O3S. The molecule has 0 atom stereocenters. The van der Waals surface area contributed by atoms with Crippen molar-refractivity contribution in [3.05, 3.63) is 53.3 Å². The van der Waals surface area contributed by atoms with Crippen LogP contribution < -0.4 is 9.62 Å². The molecule has 1 aromatic carbocycles. The maximum atomic E-state index is 12.8. The van der Waals surface area contributed by atoms with Gasteiger partial charge in [-0.25, -0.2) is 8.42 Å². The van der Waals surface area contributed by atoms with E-state index in [0.717, 1.165) is 5.56 Å². The number of nitrogens with one attached hydrogen (secondary N) is 1. The topological polar surface area (TPSA) is 79.4 Å². The lowest BCUT2D eigenvalue weighted by Crippen LogP contribution is -2.33. The van der Waals surface area contributed by atoms with Crippen molar-refractivity contribution in [2.75, 3.05) is 17.9 Å². The third-order valence-corrected chi connectivity index (χ3v) is 5.75. The summed E-state index contributed by atoms with van der Waals surface area (Å²) in [5.41, 5.74) is 2.42. The Kier molecular flexibility index (Phi) is 3.81. The Morgan fingerprint density at radius 2 is 2.04 bits per heavy atom. The number of benzene rings is 1. The highest BCUT2D eigenvalue weighted by atomic mass is 32.2. The van der Waals surface area contributed by atoms with Crippen molar-refractivity contribution in [1.82, 2.24) is 10.3 Å². The molecule has 0 bridgehead atoms. The molecule has 0 unspecified atom stereocenters. The van der Waals surface area contributed by atoms with Gasteiger partial charge >= 0.3 is 0 Å². The minimum Gasteiger partial charge on any atom is -0.352 e. The molecule has 7 heteroatoms. The first kappa shape index (κ1) is 15.5. The van der Waals surface area contributed by atoms with Crippen LogP contribution in [-0.4, -0.2) is 32.9 Å². The fourth-order valence-corrected chi connectivity index (χ4v) is 3.92. The van der Waals surface area contributed by atoms with E-state index < -0.39 is 10.0 Å². The number of hydrogen-bond donors (Lipinski definition) is 1. The van der Waals surface area contributed by atoms with Crippen LogP contribution in [0.2, 0.25) is 0 Å². The Hall–Kier alpha value is -2.41. The number of pyridine rings is 1. The maximum absolute atomic E-state index is 12.8. The van der Waals surface area contributed by atoms with Gasteiger partial charge in [-0.1, -0.05) is 6.07 Å². The summed E-state index contributed by atoms with van der Waals surface area (Å²) >= 11 is 0. The lowest BCUT2D eigenvalue weighted by molar-refractivity contribution is 0.0945. The van der Waals surface area contributed by atoms with Crippen molar-refractivity contribution in [2.24, 2.45) is 0 Å². The van der Waals surface area contributed by atoms with Gasteiger partial charge in [-0.3, -0.25) is 14.1 Å². The van der Waals surface area contributed by atoms with Gasteiger partial charge in [0, 0.05) is 25.4 Å². The van der Waals surface area contributed by atoms with Gasteiger partial charge in [0.15, 0.2) is 0 Å². The quantitative estimate of drug-likeness (QED) is 0.924. The molecule has 1 aliphatic heterocycles. The number of carbonyl (C=O) groups is 1. The van der Waals surface area contributed by atoms with E-state index in [1.54, 1.807) is 37.4 Å². The first-order valence-corrected chi connectivity index (χ1v) is 8.67. The molecule has 0 radical (unpaired) electrons. The molecule has 3 rings (SSSR count). The normalized spacial score (nSPS) is 14.1. The van der Waals surface area contributed by atoms with Crippen LogP contribution in [0.15, 0.2) is 41.4 Å². The molecule has 0 aliphatic carbocycles. The summed E-state index contributed by atoms with van der Waals surface area (Å²) < 4.78 is 26.9. The maximum Gasteiger partial charge on any atom is 0.264 e. The number of aryl methyl sites for hydroxylation is 1. The predicted molar refractivity (Wildman–Crippen MR) is 87.0 cm³/mol. The van der Waals surface area contributed by atoms with Crippen LogP contribution in [0.5, 0.6) is 0 Å². The van der Waals surface area contributed by atoms with E-state index in [0.29, 0.717) is 29.9 Å². The zero-order valence-corrected chi connectivity index (χ0v) is 13.7. The molecule has 1 aliphatic rings. The van der Waals surface area contributed by atoms with Gasteiger partial charge in [-0.05, 0) is 43.2 Å². The van der Waals surface area contributed by atoms with Crippen LogP contribution in [-0.2, 0) is 16.4 Å². The molecule has 1 amide bonds. The van der Waals surface area contributed by atoms with Crippen molar-refractivity contribution in [1.29, 1.82) is 0 Å². The summed E-state index contributed by atoms with van der Waals surface area (Å²) in [6.45, 7) is 2.33. The highest BCUT2D eigenvalue weighted by Crippen LogP contribution is 2.26. The number of amides is 1. The summed E-state index contributed by atoms with van der Waals surface area (Å²) in [6.07, 6.45) is 2.32. The molecule has 0 fully saturated rings. The number of sulfonamides is 1. The van der Waals surface area contributed by atoms with E-state index in [4.69, 9.17) is 0 Å². The molecule has 1 aromatic heterocycles. The van der Waals surface area contributed by atoms with Crippen molar-refractivity contribution >= 4 is 21.6 Å². The van der Waals surface area contributed by atoms with Crippen molar-refractivity contribution in [2.45, 2.75) is 18.2 Å². The van der Waals surface area contributed by atoms with Gasteiger partial charge in [-0.15, -0.1) is 0 Å². The van der Waals surface area contributed by atoms with Gasteiger partial charge in [0.25, 0.3) is 15.9 Å². The number of carbonyl (C=O) groups excluding carboxylic acids is 1. The standard InChI is InChI=1S/C16H17N3O3S/c1-11-15(4-3-8-17-11)19(2)23(21,22)13-6-5-12-7-9-18-16(20)14(12)10-13/h3-6,8,10H,7,9H2,1-2H3,(H,18,20). The molecule has 0 saturated heterocycles. The summed E-state index contributed by atoms with van der Waals surface area (Å²) in [4.78, 5) is 16.1. The largest absolute Gasteiger partial charge is 0.352 e.